The van der Waals surface area contributed by atoms with E-state index in [1.54, 1.807) is 47.3 Å². The van der Waals surface area contributed by atoms with Gasteiger partial charge in [-0.2, -0.15) is 5.10 Å². The Bertz CT molecular complexity index is 1510. The molecule has 7 nitrogen and oxygen atoms in total. The van der Waals surface area contributed by atoms with Gasteiger partial charge in [-0.05, 0) is 67.6 Å². The van der Waals surface area contributed by atoms with Crippen LogP contribution < -0.4 is 15.7 Å². The summed E-state index contributed by atoms with van der Waals surface area (Å²) in [5.41, 5.74) is 4.96. The van der Waals surface area contributed by atoms with Crippen LogP contribution in [0.5, 0.6) is 5.75 Å². The third-order valence-electron chi connectivity index (χ3n) is 5.91. The van der Waals surface area contributed by atoms with Crippen LogP contribution in [0.15, 0.2) is 63.6 Å². The van der Waals surface area contributed by atoms with Crippen molar-refractivity contribution < 1.29 is 9.53 Å². The molecule has 0 spiro atoms. The second kappa shape index (κ2) is 10.9. The van der Waals surface area contributed by atoms with Gasteiger partial charge in [0.1, 0.15) is 10.6 Å². The molecule has 1 aliphatic rings. The Morgan fingerprint density at radius 3 is 2.81 bits per heavy atom. The van der Waals surface area contributed by atoms with Gasteiger partial charge in [-0.15, -0.1) is 11.3 Å². The average Bonchev–Trinajstić information content (AvgIpc) is 3.27. The molecule has 0 bridgehead atoms. The minimum absolute atomic E-state index is 0.0416. The summed E-state index contributed by atoms with van der Waals surface area (Å²) in [4.78, 5) is 33.1. The zero-order valence-electron chi connectivity index (χ0n) is 19.5. The van der Waals surface area contributed by atoms with Gasteiger partial charge < -0.3 is 4.74 Å². The summed E-state index contributed by atoms with van der Waals surface area (Å²) in [5, 5.41) is 5.77. The summed E-state index contributed by atoms with van der Waals surface area (Å²) in [6.07, 6.45) is 5.61. The lowest BCUT2D eigenvalue weighted by atomic mass is 9.97. The molecule has 36 heavy (non-hydrogen) atoms. The van der Waals surface area contributed by atoms with Crippen molar-refractivity contribution in [3.63, 3.8) is 0 Å². The van der Waals surface area contributed by atoms with Gasteiger partial charge in [0.25, 0.3) is 11.5 Å². The van der Waals surface area contributed by atoms with Gasteiger partial charge >= 0.3 is 0 Å². The summed E-state index contributed by atoms with van der Waals surface area (Å²) in [7, 11) is 1.58. The van der Waals surface area contributed by atoms with E-state index < -0.39 is 0 Å². The van der Waals surface area contributed by atoms with Gasteiger partial charge in [0, 0.05) is 15.5 Å². The number of aromatic nitrogens is 2. The Morgan fingerprint density at radius 2 is 2.00 bits per heavy atom. The summed E-state index contributed by atoms with van der Waals surface area (Å²) < 4.78 is 6.87. The van der Waals surface area contributed by atoms with E-state index >= 15 is 0 Å². The van der Waals surface area contributed by atoms with Crippen LogP contribution >= 0.6 is 34.7 Å². The molecule has 1 N–H and O–H groups in total. The number of benzene rings is 2. The molecule has 10 heteroatoms. The maximum Gasteiger partial charge on any atom is 0.267 e. The standard InChI is InChI=1S/C26H23ClN4O3S2/c1-34-20-8-4-2-6-16(20)14-28-30-22(32)15-35-26-29-24-23(19-7-3-5-9-21(19)36-24)25(33)31(26)18-12-10-17(27)11-13-18/h2,4,6,8,10-14H,3,5,7,9,15H2,1H3,(H,30,32). The monoisotopic (exact) mass is 538 g/mol. The molecule has 0 saturated carbocycles. The zero-order chi connectivity index (χ0) is 25.1. The number of halogens is 1. The molecule has 4 aromatic rings. The molecule has 1 amide bonds. The number of carbonyl (C=O) groups is 1. The van der Waals surface area contributed by atoms with E-state index in [0.717, 1.165) is 41.6 Å². The second-order valence-corrected chi connectivity index (χ2v) is 10.7. The highest BCUT2D eigenvalue weighted by Crippen LogP contribution is 2.35. The van der Waals surface area contributed by atoms with Crippen molar-refractivity contribution in [2.75, 3.05) is 12.9 Å². The second-order valence-electron chi connectivity index (χ2n) is 8.23. The summed E-state index contributed by atoms with van der Waals surface area (Å²) in [6, 6.07) is 14.4. The fraction of sp³-hybridized carbons (Fsp3) is 0.231. The normalized spacial score (nSPS) is 13.2. The highest BCUT2D eigenvalue weighted by Gasteiger charge is 2.23. The Balaban J connectivity index is 1.42. The van der Waals surface area contributed by atoms with E-state index in [-0.39, 0.29) is 17.2 Å². The largest absolute Gasteiger partial charge is 0.496 e. The number of para-hydroxylation sites is 1. The molecule has 1 aliphatic carbocycles. The molecule has 2 aromatic heterocycles. The molecule has 2 aromatic carbocycles. The van der Waals surface area contributed by atoms with Gasteiger partial charge in [-0.25, -0.2) is 10.4 Å². The first kappa shape index (κ1) is 24.5. The average molecular weight is 539 g/mol. The number of thiophene rings is 1. The van der Waals surface area contributed by atoms with Crippen LogP contribution in [0.3, 0.4) is 0 Å². The minimum Gasteiger partial charge on any atom is -0.496 e. The van der Waals surface area contributed by atoms with E-state index in [1.807, 2.05) is 24.3 Å². The number of nitrogens with one attached hydrogen (secondary N) is 1. The van der Waals surface area contributed by atoms with E-state index in [1.165, 1.54) is 22.9 Å². The van der Waals surface area contributed by atoms with Gasteiger partial charge in [0.2, 0.25) is 0 Å². The molecule has 0 unspecified atom stereocenters. The zero-order valence-corrected chi connectivity index (χ0v) is 21.9. The number of amides is 1. The number of nitrogens with zero attached hydrogens (tertiary/aromatic N) is 3. The van der Waals surface area contributed by atoms with Crippen molar-refractivity contribution >= 4 is 57.0 Å². The fourth-order valence-electron chi connectivity index (χ4n) is 4.21. The van der Waals surface area contributed by atoms with Crippen LogP contribution in [-0.2, 0) is 17.6 Å². The smallest absolute Gasteiger partial charge is 0.267 e. The molecule has 0 fully saturated rings. The van der Waals surface area contributed by atoms with E-state index in [4.69, 9.17) is 21.3 Å². The molecule has 0 aliphatic heterocycles. The lowest BCUT2D eigenvalue weighted by Crippen LogP contribution is -2.24. The third kappa shape index (κ3) is 5.04. The van der Waals surface area contributed by atoms with Gasteiger partial charge in [-0.1, -0.05) is 35.5 Å². The summed E-state index contributed by atoms with van der Waals surface area (Å²) >= 11 is 8.87. The highest BCUT2D eigenvalue weighted by atomic mass is 35.5. The summed E-state index contributed by atoms with van der Waals surface area (Å²) in [5.74, 6) is 0.390. The summed E-state index contributed by atoms with van der Waals surface area (Å²) in [6.45, 7) is 0. The van der Waals surface area contributed by atoms with Crippen LogP contribution in [0, 0.1) is 0 Å². The molecule has 0 atom stereocenters. The highest BCUT2D eigenvalue weighted by molar-refractivity contribution is 7.99. The maximum atomic E-state index is 13.7. The predicted octanol–water partition coefficient (Wildman–Crippen LogP) is 5.23. The van der Waals surface area contributed by atoms with Crippen LogP contribution in [-0.4, -0.2) is 34.5 Å². The molecular formula is C26H23ClN4O3S2. The van der Waals surface area contributed by atoms with Crippen LogP contribution in [0.2, 0.25) is 5.02 Å². The SMILES string of the molecule is COc1ccccc1C=NNC(=O)CSc1nc2sc3c(c2c(=O)n1-c1ccc(Cl)cc1)CCCC3. The fourth-order valence-corrected chi connectivity index (χ4v) is 6.44. The van der Waals surface area contributed by atoms with E-state index in [0.29, 0.717) is 27.0 Å². The molecule has 2 heterocycles. The first-order chi connectivity index (χ1) is 17.5. The lowest BCUT2D eigenvalue weighted by Gasteiger charge is -2.13. The van der Waals surface area contributed by atoms with Crippen molar-refractivity contribution in [2.45, 2.75) is 30.8 Å². The van der Waals surface area contributed by atoms with E-state index in [2.05, 4.69) is 10.5 Å². The number of fused-ring (bicyclic) bond motifs is 3. The first-order valence-corrected chi connectivity index (χ1v) is 13.6. The molecular weight excluding hydrogens is 516 g/mol. The van der Waals surface area contributed by atoms with Crippen molar-refractivity contribution in [2.24, 2.45) is 5.10 Å². The molecule has 184 valence electrons. The van der Waals surface area contributed by atoms with Crippen molar-refractivity contribution in [1.82, 2.24) is 15.0 Å². The topological polar surface area (TPSA) is 85.6 Å². The number of rotatable bonds is 7. The van der Waals surface area contributed by atoms with Crippen molar-refractivity contribution in [1.29, 1.82) is 0 Å². The maximum absolute atomic E-state index is 13.7. The van der Waals surface area contributed by atoms with Crippen molar-refractivity contribution in [3.05, 3.63) is 79.9 Å². The predicted molar refractivity (Wildman–Crippen MR) is 146 cm³/mol. The molecule has 5 rings (SSSR count). The van der Waals surface area contributed by atoms with Crippen LogP contribution in [0.4, 0.5) is 0 Å². The number of aryl methyl sites for hydroxylation is 2. The number of hydrazone groups is 1. The number of hydrogen-bond donors (Lipinski definition) is 1. The number of carbonyl (C=O) groups excluding carboxylic acids is 1. The number of ether oxygens (including phenoxy) is 1. The lowest BCUT2D eigenvalue weighted by molar-refractivity contribution is -0.118. The van der Waals surface area contributed by atoms with Gasteiger partial charge in [-0.3, -0.25) is 14.2 Å². The number of methoxy groups -OCH3 is 1. The third-order valence-corrected chi connectivity index (χ3v) is 8.28. The quantitative estimate of drug-likeness (QED) is 0.151. The number of thioether (sulfide) groups is 1. The Hall–Kier alpha value is -3.14. The number of hydrogen-bond acceptors (Lipinski definition) is 7. The van der Waals surface area contributed by atoms with Crippen molar-refractivity contribution in [3.8, 4) is 11.4 Å². The molecule has 0 radical (unpaired) electrons. The molecule has 0 saturated heterocycles. The minimum atomic E-state index is -0.311. The Kier molecular flexibility index (Phi) is 7.41. The van der Waals surface area contributed by atoms with E-state index in [9.17, 15) is 9.59 Å². The van der Waals surface area contributed by atoms with Gasteiger partial charge in [0.05, 0.1) is 30.2 Å². The Morgan fingerprint density at radius 1 is 1.22 bits per heavy atom. The van der Waals surface area contributed by atoms with Gasteiger partial charge in [0.15, 0.2) is 5.16 Å². The Labute approximate surface area is 221 Å². The first-order valence-electron chi connectivity index (χ1n) is 11.5. The van der Waals surface area contributed by atoms with Crippen LogP contribution in [0.1, 0.15) is 28.8 Å². The van der Waals surface area contributed by atoms with Crippen LogP contribution in [0.25, 0.3) is 15.9 Å².